The lowest BCUT2D eigenvalue weighted by Crippen LogP contribution is -2.32. The Balaban J connectivity index is 1.78. The van der Waals surface area contributed by atoms with Crippen LogP contribution in [-0.4, -0.2) is 46.4 Å². The number of aromatic nitrogens is 1. The summed E-state index contributed by atoms with van der Waals surface area (Å²) >= 11 is 0. The van der Waals surface area contributed by atoms with Gasteiger partial charge in [0.05, 0.1) is 13.1 Å². The standard InChI is InChI=1S/C15H16FN3O2/c1-2-18-9-19(8-15(18)21)14(20)5-10-7-17-13-4-3-11(16)6-12(10)13/h3-4,6-7,17H,2,5,8-9H2,1H3. The number of halogens is 1. The fourth-order valence-corrected chi connectivity index (χ4v) is 2.61. The highest BCUT2D eigenvalue weighted by molar-refractivity contribution is 5.92. The lowest BCUT2D eigenvalue weighted by molar-refractivity contribution is -0.131. The van der Waals surface area contributed by atoms with E-state index in [0.717, 1.165) is 11.1 Å². The van der Waals surface area contributed by atoms with Crippen LogP contribution in [0.1, 0.15) is 12.5 Å². The van der Waals surface area contributed by atoms with Gasteiger partial charge in [0.1, 0.15) is 12.4 Å². The number of hydrogen-bond donors (Lipinski definition) is 1. The molecular weight excluding hydrogens is 273 g/mol. The molecule has 1 fully saturated rings. The highest BCUT2D eigenvalue weighted by Crippen LogP contribution is 2.21. The first-order valence-electron chi connectivity index (χ1n) is 6.89. The summed E-state index contributed by atoms with van der Waals surface area (Å²) in [6.07, 6.45) is 1.88. The molecule has 5 nitrogen and oxygen atoms in total. The highest BCUT2D eigenvalue weighted by atomic mass is 19.1. The third-order valence-corrected chi connectivity index (χ3v) is 3.83. The first kappa shape index (κ1) is 13.6. The van der Waals surface area contributed by atoms with E-state index in [-0.39, 0.29) is 30.6 Å². The van der Waals surface area contributed by atoms with E-state index in [1.807, 2.05) is 6.92 Å². The van der Waals surface area contributed by atoms with Gasteiger partial charge in [0.2, 0.25) is 11.8 Å². The van der Waals surface area contributed by atoms with E-state index >= 15 is 0 Å². The van der Waals surface area contributed by atoms with E-state index in [2.05, 4.69) is 4.98 Å². The van der Waals surface area contributed by atoms with Crippen molar-refractivity contribution in [3.8, 4) is 0 Å². The quantitative estimate of drug-likeness (QED) is 0.931. The summed E-state index contributed by atoms with van der Waals surface area (Å²) < 4.78 is 13.3. The molecule has 0 radical (unpaired) electrons. The Morgan fingerprint density at radius 3 is 2.95 bits per heavy atom. The van der Waals surface area contributed by atoms with Crippen LogP contribution in [0.15, 0.2) is 24.4 Å². The number of aromatic amines is 1. The average molecular weight is 289 g/mol. The van der Waals surface area contributed by atoms with Gasteiger partial charge in [-0.1, -0.05) is 0 Å². The monoisotopic (exact) mass is 289 g/mol. The van der Waals surface area contributed by atoms with Gasteiger partial charge in [0.15, 0.2) is 0 Å². The molecule has 0 spiro atoms. The summed E-state index contributed by atoms with van der Waals surface area (Å²) in [6, 6.07) is 4.45. The molecule has 1 aromatic carbocycles. The van der Waals surface area contributed by atoms with Crippen molar-refractivity contribution < 1.29 is 14.0 Å². The molecule has 0 atom stereocenters. The summed E-state index contributed by atoms with van der Waals surface area (Å²) in [5, 5.41) is 0.709. The van der Waals surface area contributed by atoms with Gasteiger partial charge in [-0.25, -0.2) is 4.39 Å². The normalized spacial score (nSPS) is 15.2. The number of nitrogens with one attached hydrogen (secondary N) is 1. The molecule has 3 rings (SSSR count). The minimum atomic E-state index is -0.329. The summed E-state index contributed by atoms with van der Waals surface area (Å²) in [7, 11) is 0. The Morgan fingerprint density at radius 1 is 1.43 bits per heavy atom. The molecule has 1 aliphatic heterocycles. The van der Waals surface area contributed by atoms with E-state index < -0.39 is 0 Å². The van der Waals surface area contributed by atoms with E-state index in [4.69, 9.17) is 0 Å². The molecular formula is C15H16FN3O2. The molecule has 110 valence electrons. The lowest BCUT2D eigenvalue weighted by Gasteiger charge is -2.16. The number of amides is 2. The SMILES string of the molecule is CCN1CN(C(=O)Cc2c[nH]c3ccc(F)cc23)CC1=O. The second-order valence-electron chi connectivity index (χ2n) is 5.16. The smallest absolute Gasteiger partial charge is 0.243 e. The molecule has 2 amide bonds. The van der Waals surface area contributed by atoms with Crippen molar-refractivity contribution in [3.63, 3.8) is 0 Å². The number of hydrogen-bond acceptors (Lipinski definition) is 2. The maximum Gasteiger partial charge on any atom is 0.243 e. The van der Waals surface area contributed by atoms with Crippen molar-refractivity contribution in [2.24, 2.45) is 0 Å². The Hall–Kier alpha value is -2.37. The second-order valence-corrected chi connectivity index (χ2v) is 5.16. The van der Waals surface area contributed by atoms with E-state index in [1.54, 1.807) is 17.2 Å². The first-order valence-corrected chi connectivity index (χ1v) is 6.89. The van der Waals surface area contributed by atoms with Crippen LogP contribution in [0.2, 0.25) is 0 Å². The van der Waals surface area contributed by atoms with Crippen molar-refractivity contribution >= 4 is 22.7 Å². The molecule has 1 aromatic heterocycles. The number of nitrogens with zero attached hydrogens (tertiary/aromatic N) is 2. The maximum atomic E-state index is 13.3. The Bertz CT molecular complexity index is 710. The predicted octanol–water partition coefficient (Wildman–Crippen LogP) is 1.50. The molecule has 1 saturated heterocycles. The van der Waals surface area contributed by atoms with E-state index in [9.17, 15) is 14.0 Å². The van der Waals surface area contributed by atoms with Crippen molar-refractivity contribution in [1.29, 1.82) is 0 Å². The molecule has 1 N–H and O–H groups in total. The molecule has 6 heteroatoms. The second kappa shape index (κ2) is 5.20. The average Bonchev–Trinajstić information content (AvgIpc) is 3.03. The zero-order chi connectivity index (χ0) is 15.0. The molecule has 0 bridgehead atoms. The van der Waals surface area contributed by atoms with Crippen LogP contribution in [-0.2, 0) is 16.0 Å². The third-order valence-electron chi connectivity index (χ3n) is 3.83. The Labute approximate surface area is 121 Å². The number of carbonyl (C=O) groups excluding carboxylic acids is 2. The van der Waals surface area contributed by atoms with Gasteiger partial charge >= 0.3 is 0 Å². The van der Waals surface area contributed by atoms with Gasteiger partial charge in [-0.2, -0.15) is 0 Å². The number of likely N-dealkylation sites (N-methyl/N-ethyl adjacent to an activating group) is 1. The van der Waals surface area contributed by atoms with Gasteiger partial charge in [-0.3, -0.25) is 9.59 Å². The zero-order valence-corrected chi connectivity index (χ0v) is 11.7. The largest absolute Gasteiger partial charge is 0.361 e. The van der Waals surface area contributed by atoms with Crippen molar-refractivity contribution in [2.75, 3.05) is 19.8 Å². The third kappa shape index (κ3) is 2.49. The van der Waals surface area contributed by atoms with Crippen LogP contribution >= 0.6 is 0 Å². The van der Waals surface area contributed by atoms with Crippen molar-refractivity contribution in [1.82, 2.24) is 14.8 Å². The van der Waals surface area contributed by atoms with Crippen LogP contribution in [0.5, 0.6) is 0 Å². The van der Waals surface area contributed by atoms with Gasteiger partial charge in [-0.15, -0.1) is 0 Å². The number of benzene rings is 1. The lowest BCUT2D eigenvalue weighted by atomic mass is 10.1. The van der Waals surface area contributed by atoms with Crippen molar-refractivity contribution in [2.45, 2.75) is 13.3 Å². The summed E-state index contributed by atoms with van der Waals surface area (Å²) in [6.45, 7) is 2.95. The van der Waals surface area contributed by atoms with Crippen LogP contribution < -0.4 is 0 Å². The van der Waals surface area contributed by atoms with Crippen LogP contribution in [0, 0.1) is 5.82 Å². The molecule has 1 aliphatic rings. The van der Waals surface area contributed by atoms with E-state index in [0.29, 0.717) is 18.6 Å². The minimum absolute atomic E-state index is 0.0316. The number of carbonyl (C=O) groups is 2. The van der Waals surface area contributed by atoms with Gasteiger partial charge in [-0.05, 0) is 30.7 Å². The van der Waals surface area contributed by atoms with Crippen LogP contribution in [0.25, 0.3) is 10.9 Å². The topological polar surface area (TPSA) is 56.4 Å². The predicted molar refractivity (Wildman–Crippen MR) is 75.9 cm³/mol. The van der Waals surface area contributed by atoms with Gasteiger partial charge < -0.3 is 14.8 Å². The van der Waals surface area contributed by atoms with Crippen molar-refractivity contribution in [3.05, 3.63) is 35.8 Å². The Morgan fingerprint density at radius 2 is 2.24 bits per heavy atom. The number of fused-ring (bicyclic) bond motifs is 1. The fourth-order valence-electron chi connectivity index (χ4n) is 2.61. The minimum Gasteiger partial charge on any atom is -0.361 e. The van der Waals surface area contributed by atoms with Gasteiger partial charge in [0, 0.05) is 23.6 Å². The maximum absolute atomic E-state index is 13.3. The molecule has 2 heterocycles. The Kier molecular flexibility index (Phi) is 3.37. The number of rotatable bonds is 3. The zero-order valence-electron chi connectivity index (χ0n) is 11.7. The molecule has 21 heavy (non-hydrogen) atoms. The molecule has 2 aromatic rings. The summed E-state index contributed by atoms with van der Waals surface area (Å²) in [5.41, 5.74) is 1.55. The van der Waals surface area contributed by atoms with Crippen LogP contribution in [0.3, 0.4) is 0 Å². The summed E-state index contributed by atoms with van der Waals surface area (Å²) in [5.74, 6) is -0.482. The number of H-pyrrole nitrogens is 1. The highest BCUT2D eigenvalue weighted by Gasteiger charge is 2.29. The first-order chi connectivity index (χ1) is 10.1. The van der Waals surface area contributed by atoms with Gasteiger partial charge in [0.25, 0.3) is 0 Å². The molecule has 0 unspecified atom stereocenters. The van der Waals surface area contributed by atoms with E-state index in [1.165, 1.54) is 17.0 Å². The fraction of sp³-hybridized carbons (Fsp3) is 0.333. The summed E-state index contributed by atoms with van der Waals surface area (Å²) in [4.78, 5) is 30.1. The van der Waals surface area contributed by atoms with Crippen LogP contribution in [0.4, 0.5) is 4.39 Å². The molecule has 0 saturated carbocycles. The molecule has 0 aliphatic carbocycles.